The molecule has 0 fully saturated rings. The molecule has 2 aliphatic carbocycles. The van der Waals surface area contributed by atoms with E-state index in [2.05, 4.69) is 146 Å². The topological polar surface area (TPSA) is 3.24 Å². The fraction of sp³-hybridized carbons (Fsp3) is 0.0606. The number of rotatable bonds is 10. The van der Waals surface area contributed by atoms with Crippen LogP contribution in [0.1, 0.15) is 62.6 Å². The molecule has 0 aromatic heterocycles. The van der Waals surface area contributed by atoms with Crippen molar-refractivity contribution in [3.05, 3.63) is 310 Å². The molecule has 10 aromatic rings. The Kier molecular flexibility index (Phi) is 10.4. The number of aryl methyl sites for hydroxylation is 1. The number of fused-ring (bicyclic) bond motifs is 6. The van der Waals surface area contributed by atoms with E-state index in [1.54, 1.807) is 36.4 Å². The van der Waals surface area contributed by atoms with Crippen LogP contribution in [0.2, 0.25) is 0 Å². The van der Waals surface area contributed by atoms with Crippen molar-refractivity contribution in [2.45, 2.75) is 24.2 Å². The summed E-state index contributed by atoms with van der Waals surface area (Å²) in [4.78, 5) is 2.25. The van der Waals surface area contributed by atoms with Crippen molar-refractivity contribution in [3.8, 4) is 33.4 Å². The maximum atomic E-state index is 16.9. The lowest BCUT2D eigenvalue weighted by molar-refractivity contribution is 0.584. The molecule has 2 atom stereocenters. The molecule has 2 unspecified atom stereocenters. The first-order valence-electron chi connectivity index (χ1n) is 23.8. The van der Waals surface area contributed by atoms with Crippen molar-refractivity contribution < 1.29 is 13.2 Å². The van der Waals surface area contributed by atoms with Gasteiger partial charge in [0.2, 0.25) is 0 Å². The van der Waals surface area contributed by atoms with E-state index in [1.165, 1.54) is 17.7 Å². The summed E-state index contributed by atoms with van der Waals surface area (Å²) in [6, 6.07) is 75.9. The summed E-state index contributed by atoms with van der Waals surface area (Å²) in [5.74, 6) is -0.877. The van der Waals surface area contributed by atoms with Crippen LogP contribution in [0.3, 0.4) is 0 Å². The largest absolute Gasteiger partial charge is 0.310 e. The predicted molar refractivity (Wildman–Crippen MR) is 281 cm³/mol. The number of hydrogen-bond acceptors (Lipinski definition) is 1. The average molecular weight is 910 g/mol. The molecule has 10 aromatic carbocycles. The summed E-state index contributed by atoms with van der Waals surface area (Å²) in [5, 5.41) is 0. The van der Waals surface area contributed by atoms with Crippen LogP contribution in [0, 0.1) is 17.5 Å². The molecule has 336 valence electrons. The van der Waals surface area contributed by atoms with Crippen molar-refractivity contribution in [1.29, 1.82) is 0 Å². The second kappa shape index (κ2) is 16.9. The lowest BCUT2D eigenvalue weighted by atomic mass is 9.67. The highest BCUT2D eigenvalue weighted by molar-refractivity contribution is 5.92. The third-order valence-corrected chi connectivity index (χ3v) is 14.8. The van der Waals surface area contributed by atoms with E-state index in [9.17, 15) is 4.39 Å². The Labute approximate surface area is 407 Å². The predicted octanol–water partition coefficient (Wildman–Crippen LogP) is 17.2. The van der Waals surface area contributed by atoms with Gasteiger partial charge >= 0.3 is 0 Å². The minimum Gasteiger partial charge on any atom is -0.310 e. The first kappa shape index (κ1) is 42.9. The zero-order chi connectivity index (χ0) is 47.6. The van der Waals surface area contributed by atoms with Crippen LogP contribution in [-0.2, 0) is 17.3 Å². The van der Waals surface area contributed by atoms with Crippen LogP contribution in [0.5, 0.6) is 0 Å². The molecule has 4 heteroatoms. The molecular formula is C66H46F3N. The van der Waals surface area contributed by atoms with E-state index in [4.69, 9.17) is 0 Å². The molecule has 0 radical (unpaired) electrons. The van der Waals surface area contributed by atoms with Gasteiger partial charge in [0.1, 0.15) is 17.5 Å². The normalized spacial score (nSPS) is 16.2. The average Bonchev–Trinajstić information content (AvgIpc) is 3.87. The minimum atomic E-state index is -1.03. The van der Waals surface area contributed by atoms with E-state index in [0.29, 0.717) is 11.1 Å². The third kappa shape index (κ3) is 6.47. The van der Waals surface area contributed by atoms with Crippen LogP contribution in [0.25, 0.3) is 39.5 Å². The number of benzene rings is 10. The van der Waals surface area contributed by atoms with Crippen LogP contribution in [0.15, 0.2) is 237 Å². The van der Waals surface area contributed by atoms with Crippen molar-refractivity contribution in [2.24, 2.45) is 0 Å². The Bertz CT molecular complexity index is 3630. The summed E-state index contributed by atoms with van der Waals surface area (Å²) in [7, 11) is 0. The summed E-state index contributed by atoms with van der Waals surface area (Å²) in [5.41, 5.74) is 15.6. The number of nitrogens with zero attached hydrogens (tertiary/aromatic N) is 1. The van der Waals surface area contributed by atoms with Crippen LogP contribution in [0.4, 0.5) is 30.2 Å². The van der Waals surface area contributed by atoms with Gasteiger partial charge in [-0.1, -0.05) is 189 Å². The van der Waals surface area contributed by atoms with E-state index < -0.39 is 10.8 Å². The Balaban J connectivity index is 1.14. The summed E-state index contributed by atoms with van der Waals surface area (Å²) in [6.45, 7) is 6.17. The van der Waals surface area contributed by atoms with Gasteiger partial charge in [-0.25, -0.2) is 13.2 Å². The van der Waals surface area contributed by atoms with E-state index in [-0.39, 0.29) is 17.5 Å². The molecule has 0 amide bonds. The van der Waals surface area contributed by atoms with Gasteiger partial charge in [-0.2, -0.15) is 0 Å². The van der Waals surface area contributed by atoms with Gasteiger partial charge in [-0.05, 0) is 145 Å². The lowest BCUT2D eigenvalue weighted by Gasteiger charge is -2.36. The molecule has 0 bridgehead atoms. The molecule has 0 spiro atoms. The molecule has 0 N–H and O–H groups in total. The highest BCUT2D eigenvalue weighted by Gasteiger charge is 2.49. The van der Waals surface area contributed by atoms with Gasteiger partial charge in [0.05, 0.1) is 10.8 Å². The quantitative estimate of drug-likeness (QED) is 0.132. The fourth-order valence-electron chi connectivity index (χ4n) is 11.6. The van der Waals surface area contributed by atoms with Gasteiger partial charge in [0.15, 0.2) is 0 Å². The second-order valence-corrected chi connectivity index (χ2v) is 18.3. The molecule has 2 aliphatic rings. The lowest BCUT2D eigenvalue weighted by Crippen LogP contribution is -2.30. The standard InChI is InChI=1S/C66H46F3N/c1-3-43-21-29-47(30-22-43)65(59-17-9-11-19-63(59)68)57-15-7-5-13-53(57)55-39-37-51(41-61(55)65)70(50-35-27-46(28-36-50)45-25-33-49(67)34-26-45)52-38-40-56-54-14-6-8-16-58(54)66(62(56)42-52,60-18-10-12-20-64(60)69)48-31-23-44(4-2)24-32-48/h3,5-42H,1,4H2,2H3. The highest BCUT2D eigenvalue weighted by atomic mass is 19.1. The minimum absolute atomic E-state index is 0.285. The SMILES string of the molecule is C=Cc1ccc(C2(c3ccccc3F)c3ccccc3-c3ccc(N(c4ccc(-c5ccc(F)cc5)cc4)c4ccc5c(c4)C(c4ccc(CC)cc4)(c4ccccc4F)c4ccccc4-5)cc32)cc1. The first-order chi connectivity index (χ1) is 34.3. The number of hydrogen-bond donors (Lipinski definition) is 0. The van der Waals surface area contributed by atoms with Crippen molar-refractivity contribution >= 4 is 23.1 Å². The summed E-state index contributed by atoms with van der Waals surface area (Å²) >= 11 is 0. The Morgan fingerprint density at radius 1 is 0.400 bits per heavy atom. The van der Waals surface area contributed by atoms with Crippen LogP contribution in [-0.4, -0.2) is 0 Å². The molecular weight excluding hydrogens is 864 g/mol. The van der Waals surface area contributed by atoms with Crippen LogP contribution >= 0.6 is 0 Å². The van der Waals surface area contributed by atoms with Crippen molar-refractivity contribution in [3.63, 3.8) is 0 Å². The summed E-state index contributed by atoms with van der Waals surface area (Å²) in [6.07, 6.45) is 2.70. The summed E-state index contributed by atoms with van der Waals surface area (Å²) < 4.78 is 47.9. The van der Waals surface area contributed by atoms with Crippen molar-refractivity contribution in [1.82, 2.24) is 0 Å². The Morgan fingerprint density at radius 2 is 0.800 bits per heavy atom. The smallest absolute Gasteiger partial charge is 0.127 e. The maximum absolute atomic E-state index is 16.9. The molecule has 0 heterocycles. The van der Waals surface area contributed by atoms with Gasteiger partial charge < -0.3 is 4.90 Å². The zero-order valence-corrected chi connectivity index (χ0v) is 38.5. The molecule has 1 nitrogen and oxygen atoms in total. The Morgan fingerprint density at radius 3 is 1.26 bits per heavy atom. The number of halogens is 3. The fourth-order valence-corrected chi connectivity index (χ4v) is 11.6. The number of anilines is 3. The molecule has 0 saturated carbocycles. The highest BCUT2D eigenvalue weighted by Crippen LogP contribution is 2.60. The maximum Gasteiger partial charge on any atom is 0.127 e. The molecule has 0 aliphatic heterocycles. The zero-order valence-electron chi connectivity index (χ0n) is 38.5. The van der Waals surface area contributed by atoms with E-state index in [1.807, 2.05) is 60.7 Å². The first-order valence-corrected chi connectivity index (χ1v) is 23.8. The molecule has 12 rings (SSSR count). The van der Waals surface area contributed by atoms with Crippen molar-refractivity contribution in [2.75, 3.05) is 4.90 Å². The van der Waals surface area contributed by atoms with E-state index >= 15 is 8.78 Å². The van der Waals surface area contributed by atoms with E-state index in [0.717, 1.165) is 95.8 Å². The van der Waals surface area contributed by atoms with Gasteiger partial charge in [0, 0.05) is 28.2 Å². The van der Waals surface area contributed by atoms with Crippen LogP contribution < -0.4 is 4.90 Å². The molecule has 0 saturated heterocycles. The third-order valence-electron chi connectivity index (χ3n) is 14.8. The second-order valence-electron chi connectivity index (χ2n) is 18.3. The van der Waals surface area contributed by atoms with Gasteiger partial charge in [0.25, 0.3) is 0 Å². The van der Waals surface area contributed by atoms with Gasteiger partial charge in [-0.15, -0.1) is 0 Å². The molecule has 70 heavy (non-hydrogen) atoms. The Hall–Kier alpha value is -8.47. The monoisotopic (exact) mass is 909 g/mol. The van der Waals surface area contributed by atoms with Gasteiger partial charge in [-0.3, -0.25) is 0 Å².